The first-order chi connectivity index (χ1) is 10.8. The molecule has 0 saturated heterocycles. The molecule has 1 heterocycles. The van der Waals surface area contributed by atoms with E-state index in [1.807, 2.05) is 0 Å². The maximum absolute atomic E-state index is 3.80. The molecule has 0 spiro atoms. The molecule has 3 atom stereocenters. The number of anilines is 1. The third kappa shape index (κ3) is 2.26. The molecule has 0 fully saturated rings. The SMILES string of the molecule is CSc1ccc([C@@H]2Nc3ccc(C)cc3[C@@H]3C=CC[C@@H]32)cc1. The largest absolute Gasteiger partial charge is 0.378 e. The molecule has 0 unspecified atom stereocenters. The van der Waals surface area contributed by atoms with Crippen LogP contribution in [-0.4, -0.2) is 6.26 Å². The summed E-state index contributed by atoms with van der Waals surface area (Å²) in [6, 6.07) is 16.3. The van der Waals surface area contributed by atoms with E-state index in [2.05, 4.69) is 73.1 Å². The van der Waals surface area contributed by atoms with Gasteiger partial charge in [-0.3, -0.25) is 0 Å². The number of thioether (sulfide) groups is 1. The van der Waals surface area contributed by atoms with E-state index in [-0.39, 0.29) is 0 Å². The minimum Gasteiger partial charge on any atom is -0.378 e. The van der Waals surface area contributed by atoms with E-state index >= 15 is 0 Å². The average molecular weight is 307 g/mol. The van der Waals surface area contributed by atoms with Crippen molar-refractivity contribution < 1.29 is 0 Å². The molecule has 1 aliphatic carbocycles. The van der Waals surface area contributed by atoms with Crippen molar-refractivity contribution >= 4 is 17.4 Å². The van der Waals surface area contributed by atoms with E-state index < -0.39 is 0 Å². The third-order valence-electron chi connectivity index (χ3n) is 4.99. The highest BCUT2D eigenvalue weighted by molar-refractivity contribution is 7.98. The van der Waals surface area contributed by atoms with Crippen LogP contribution in [0.15, 0.2) is 59.5 Å². The molecule has 4 rings (SSSR count). The van der Waals surface area contributed by atoms with Crippen LogP contribution in [0, 0.1) is 12.8 Å². The number of allylic oxidation sites excluding steroid dienone is 2. The molecule has 2 aromatic rings. The molecule has 0 bridgehead atoms. The smallest absolute Gasteiger partial charge is 0.0553 e. The second-order valence-corrected chi connectivity index (χ2v) is 7.22. The number of hydrogen-bond acceptors (Lipinski definition) is 2. The number of fused-ring (bicyclic) bond motifs is 3. The highest BCUT2D eigenvalue weighted by Crippen LogP contribution is 2.49. The summed E-state index contributed by atoms with van der Waals surface area (Å²) in [7, 11) is 0. The summed E-state index contributed by atoms with van der Waals surface area (Å²) in [5.41, 5.74) is 5.53. The zero-order valence-electron chi connectivity index (χ0n) is 13.0. The second-order valence-electron chi connectivity index (χ2n) is 6.34. The van der Waals surface area contributed by atoms with Gasteiger partial charge in [0.15, 0.2) is 0 Å². The van der Waals surface area contributed by atoms with Crippen molar-refractivity contribution in [1.82, 2.24) is 0 Å². The van der Waals surface area contributed by atoms with Crippen LogP contribution in [0.1, 0.15) is 35.1 Å². The lowest BCUT2D eigenvalue weighted by molar-refractivity contribution is 0.425. The van der Waals surface area contributed by atoms with Gasteiger partial charge >= 0.3 is 0 Å². The van der Waals surface area contributed by atoms with Crippen LogP contribution in [0.3, 0.4) is 0 Å². The summed E-state index contributed by atoms with van der Waals surface area (Å²) in [6.45, 7) is 2.18. The normalized spacial score (nSPS) is 25.5. The van der Waals surface area contributed by atoms with E-state index in [1.165, 1.54) is 33.7 Å². The van der Waals surface area contributed by atoms with E-state index in [9.17, 15) is 0 Å². The first kappa shape index (κ1) is 14.0. The van der Waals surface area contributed by atoms with Crippen molar-refractivity contribution in [2.75, 3.05) is 11.6 Å². The van der Waals surface area contributed by atoms with E-state index in [0.29, 0.717) is 17.9 Å². The quantitative estimate of drug-likeness (QED) is 0.577. The fourth-order valence-electron chi connectivity index (χ4n) is 3.86. The first-order valence-corrected chi connectivity index (χ1v) is 9.16. The van der Waals surface area contributed by atoms with Crippen molar-refractivity contribution in [3.8, 4) is 0 Å². The number of aryl methyl sites for hydroxylation is 1. The zero-order chi connectivity index (χ0) is 15.1. The van der Waals surface area contributed by atoms with Crippen LogP contribution in [-0.2, 0) is 0 Å². The van der Waals surface area contributed by atoms with Crippen LogP contribution in [0.5, 0.6) is 0 Å². The maximum atomic E-state index is 3.80. The standard InChI is InChI=1S/C20H21NS/c1-13-6-11-19-18(12-13)16-4-3-5-17(16)20(21-19)14-7-9-15(22-2)10-8-14/h3-4,6-12,16-17,20-21H,5H2,1-2H3/t16-,17+,20+/m1/s1. The van der Waals surface area contributed by atoms with Gasteiger partial charge in [0, 0.05) is 16.5 Å². The summed E-state index contributed by atoms with van der Waals surface area (Å²) in [5, 5.41) is 3.80. The van der Waals surface area contributed by atoms with Crippen LogP contribution >= 0.6 is 11.8 Å². The van der Waals surface area contributed by atoms with Crippen LogP contribution < -0.4 is 5.32 Å². The number of nitrogens with one attached hydrogen (secondary N) is 1. The van der Waals surface area contributed by atoms with Crippen LogP contribution in [0.25, 0.3) is 0 Å². The predicted molar refractivity (Wildman–Crippen MR) is 95.8 cm³/mol. The molecule has 112 valence electrons. The van der Waals surface area contributed by atoms with E-state index in [1.54, 1.807) is 11.8 Å². The molecule has 22 heavy (non-hydrogen) atoms. The number of rotatable bonds is 2. The van der Waals surface area contributed by atoms with Gasteiger partial charge in [-0.25, -0.2) is 0 Å². The van der Waals surface area contributed by atoms with Gasteiger partial charge in [-0.15, -0.1) is 11.8 Å². The summed E-state index contributed by atoms with van der Waals surface area (Å²) in [4.78, 5) is 1.33. The summed E-state index contributed by atoms with van der Waals surface area (Å²) in [6.07, 6.45) is 8.06. The lowest BCUT2D eigenvalue weighted by Gasteiger charge is -2.37. The fraction of sp³-hybridized carbons (Fsp3) is 0.300. The van der Waals surface area contributed by atoms with E-state index in [4.69, 9.17) is 0 Å². The Bertz CT molecular complexity index is 717. The van der Waals surface area contributed by atoms with Gasteiger partial charge in [-0.05, 0) is 54.8 Å². The molecule has 0 saturated carbocycles. The highest BCUT2D eigenvalue weighted by atomic mass is 32.2. The molecular weight excluding hydrogens is 286 g/mol. The monoisotopic (exact) mass is 307 g/mol. The Labute approximate surface area is 136 Å². The lowest BCUT2D eigenvalue weighted by Crippen LogP contribution is -2.29. The third-order valence-corrected chi connectivity index (χ3v) is 5.74. The summed E-state index contributed by atoms with van der Waals surface area (Å²) >= 11 is 1.80. The predicted octanol–water partition coefficient (Wildman–Crippen LogP) is 5.54. The Kier molecular flexibility index (Phi) is 3.50. The van der Waals surface area contributed by atoms with Gasteiger partial charge in [-0.2, -0.15) is 0 Å². The first-order valence-electron chi connectivity index (χ1n) is 7.94. The Hall–Kier alpha value is -1.67. The van der Waals surface area contributed by atoms with Gasteiger partial charge in [0.1, 0.15) is 0 Å². The molecule has 2 aliphatic rings. The van der Waals surface area contributed by atoms with Crippen molar-refractivity contribution in [3.63, 3.8) is 0 Å². The van der Waals surface area contributed by atoms with Gasteiger partial charge < -0.3 is 5.32 Å². The molecule has 1 aliphatic heterocycles. The van der Waals surface area contributed by atoms with Crippen molar-refractivity contribution in [1.29, 1.82) is 0 Å². The second kappa shape index (κ2) is 5.51. The summed E-state index contributed by atoms with van der Waals surface area (Å²) < 4.78 is 0. The topological polar surface area (TPSA) is 12.0 Å². The molecular formula is C20H21NS. The Morgan fingerprint density at radius 2 is 1.91 bits per heavy atom. The van der Waals surface area contributed by atoms with Crippen LogP contribution in [0.4, 0.5) is 5.69 Å². The molecule has 2 heteroatoms. The van der Waals surface area contributed by atoms with Gasteiger partial charge in [0.2, 0.25) is 0 Å². The average Bonchev–Trinajstić information content (AvgIpc) is 3.04. The molecule has 0 radical (unpaired) electrons. The number of hydrogen-bond donors (Lipinski definition) is 1. The fourth-order valence-corrected chi connectivity index (χ4v) is 4.26. The molecule has 2 aromatic carbocycles. The van der Waals surface area contributed by atoms with Gasteiger partial charge in [0.05, 0.1) is 6.04 Å². The van der Waals surface area contributed by atoms with Crippen molar-refractivity contribution in [2.24, 2.45) is 5.92 Å². The van der Waals surface area contributed by atoms with Crippen molar-refractivity contribution in [2.45, 2.75) is 30.2 Å². The van der Waals surface area contributed by atoms with E-state index in [0.717, 1.165) is 0 Å². The zero-order valence-corrected chi connectivity index (χ0v) is 13.9. The molecule has 0 amide bonds. The molecule has 1 nitrogen and oxygen atoms in total. The lowest BCUT2D eigenvalue weighted by atomic mass is 9.77. The number of benzene rings is 2. The minimum atomic E-state index is 0.408. The van der Waals surface area contributed by atoms with Gasteiger partial charge in [-0.1, -0.05) is 42.0 Å². The van der Waals surface area contributed by atoms with Crippen LogP contribution in [0.2, 0.25) is 0 Å². The minimum absolute atomic E-state index is 0.408. The van der Waals surface area contributed by atoms with Gasteiger partial charge in [0.25, 0.3) is 0 Å². The molecule has 0 aromatic heterocycles. The molecule has 1 N–H and O–H groups in total. The Morgan fingerprint density at radius 3 is 2.68 bits per heavy atom. The maximum Gasteiger partial charge on any atom is 0.0553 e. The summed E-state index contributed by atoms with van der Waals surface area (Å²) in [5.74, 6) is 1.19. The Balaban J connectivity index is 1.74. The Morgan fingerprint density at radius 1 is 1.09 bits per heavy atom. The van der Waals surface area contributed by atoms with Crippen molar-refractivity contribution in [3.05, 3.63) is 71.3 Å². The highest BCUT2D eigenvalue weighted by Gasteiger charge is 2.37.